The molecular formula is C26H35N3O2. The van der Waals surface area contributed by atoms with Crippen LogP contribution in [0.2, 0.25) is 0 Å². The van der Waals surface area contributed by atoms with Crippen LogP contribution in [0.4, 0.5) is 11.4 Å². The fraction of sp³-hybridized carbons (Fsp3) is 0.500. The van der Waals surface area contributed by atoms with Gasteiger partial charge in [0.15, 0.2) is 0 Å². The number of ether oxygens (including phenoxy) is 1. The molecule has 4 rings (SSSR count). The molecule has 166 valence electrons. The number of benzene rings is 2. The van der Waals surface area contributed by atoms with Gasteiger partial charge in [0.1, 0.15) is 0 Å². The highest BCUT2D eigenvalue weighted by atomic mass is 16.5. The first-order valence-electron chi connectivity index (χ1n) is 11.4. The Labute approximate surface area is 186 Å². The van der Waals surface area contributed by atoms with Crippen LogP contribution in [0.3, 0.4) is 0 Å². The zero-order chi connectivity index (χ0) is 22.0. The van der Waals surface area contributed by atoms with Gasteiger partial charge in [0.25, 0.3) is 0 Å². The van der Waals surface area contributed by atoms with Gasteiger partial charge < -0.3 is 19.4 Å². The molecule has 2 aliphatic rings. The van der Waals surface area contributed by atoms with E-state index < -0.39 is 0 Å². The number of carbonyl (C=O) groups excluding carboxylic acids is 1. The van der Waals surface area contributed by atoms with E-state index in [4.69, 9.17) is 4.74 Å². The second-order valence-electron chi connectivity index (χ2n) is 9.36. The van der Waals surface area contributed by atoms with Gasteiger partial charge in [-0.3, -0.25) is 4.79 Å². The molecule has 2 fully saturated rings. The molecule has 0 N–H and O–H groups in total. The lowest BCUT2D eigenvalue weighted by Crippen LogP contribution is -2.44. The minimum Gasteiger partial charge on any atom is -0.374 e. The summed E-state index contributed by atoms with van der Waals surface area (Å²) in [5, 5.41) is 0. The lowest BCUT2D eigenvalue weighted by Gasteiger charge is -2.35. The molecule has 0 aromatic heterocycles. The van der Waals surface area contributed by atoms with Crippen LogP contribution in [0, 0.1) is 5.92 Å². The topological polar surface area (TPSA) is 36.0 Å². The highest BCUT2D eigenvalue weighted by Gasteiger charge is 2.33. The zero-order valence-corrected chi connectivity index (χ0v) is 19.3. The minimum atomic E-state index is -0.330. The molecule has 0 saturated carbocycles. The van der Waals surface area contributed by atoms with Crippen molar-refractivity contribution in [1.82, 2.24) is 4.90 Å². The Morgan fingerprint density at radius 2 is 1.65 bits per heavy atom. The number of amides is 1. The molecule has 2 saturated heterocycles. The number of piperazine rings is 1. The highest BCUT2D eigenvalue weighted by Crippen LogP contribution is 2.32. The molecule has 5 heteroatoms. The van der Waals surface area contributed by atoms with Crippen LogP contribution in [-0.2, 0) is 21.6 Å². The average Bonchev–Trinajstić information content (AvgIpc) is 3.15. The van der Waals surface area contributed by atoms with E-state index in [-0.39, 0.29) is 17.4 Å². The van der Waals surface area contributed by atoms with E-state index in [2.05, 4.69) is 79.2 Å². The third-order valence-electron chi connectivity index (χ3n) is 7.00. The summed E-state index contributed by atoms with van der Waals surface area (Å²) in [6.07, 6.45) is 1.72. The Balaban J connectivity index is 1.46. The van der Waals surface area contributed by atoms with Crippen LogP contribution < -0.4 is 9.80 Å². The van der Waals surface area contributed by atoms with E-state index in [1.165, 1.54) is 11.3 Å². The number of nitrogens with zero attached hydrogens (tertiary/aromatic N) is 3. The van der Waals surface area contributed by atoms with E-state index in [1.54, 1.807) is 7.11 Å². The van der Waals surface area contributed by atoms with Crippen LogP contribution in [0.1, 0.15) is 31.4 Å². The van der Waals surface area contributed by atoms with Crippen LogP contribution in [0.15, 0.2) is 48.5 Å². The maximum absolute atomic E-state index is 13.3. The molecule has 0 aliphatic carbocycles. The van der Waals surface area contributed by atoms with Crippen molar-refractivity contribution >= 4 is 17.3 Å². The maximum atomic E-state index is 13.3. The van der Waals surface area contributed by atoms with Crippen LogP contribution in [0.5, 0.6) is 0 Å². The van der Waals surface area contributed by atoms with Gasteiger partial charge in [-0.1, -0.05) is 30.3 Å². The summed E-state index contributed by atoms with van der Waals surface area (Å²) in [6, 6.07) is 16.9. The predicted molar refractivity (Wildman–Crippen MR) is 127 cm³/mol. The monoisotopic (exact) mass is 420 g/mol. The Kier molecular flexibility index (Phi) is 6.35. The van der Waals surface area contributed by atoms with Crippen molar-refractivity contribution < 1.29 is 9.53 Å². The molecule has 2 heterocycles. The Morgan fingerprint density at radius 3 is 2.32 bits per heavy atom. The van der Waals surface area contributed by atoms with E-state index in [1.807, 2.05) is 4.90 Å². The number of rotatable bonds is 6. The molecule has 5 nitrogen and oxygen atoms in total. The van der Waals surface area contributed by atoms with Crippen molar-refractivity contribution in [2.75, 3.05) is 56.7 Å². The first-order valence-corrected chi connectivity index (χ1v) is 11.4. The zero-order valence-electron chi connectivity index (χ0n) is 19.3. The fourth-order valence-corrected chi connectivity index (χ4v) is 4.65. The number of hydrogen-bond acceptors (Lipinski definition) is 4. The molecule has 1 atom stereocenters. The molecule has 1 unspecified atom stereocenters. The summed E-state index contributed by atoms with van der Waals surface area (Å²) >= 11 is 0. The largest absolute Gasteiger partial charge is 0.374 e. The second kappa shape index (κ2) is 9.01. The average molecular weight is 421 g/mol. The van der Waals surface area contributed by atoms with E-state index in [0.717, 1.165) is 56.8 Å². The van der Waals surface area contributed by atoms with E-state index in [9.17, 15) is 4.79 Å². The third-order valence-corrected chi connectivity index (χ3v) is 7.00. The quantitative estimate of drug-likeness (QED) is 0.710. The van der Waals surface area contributed by atoms with Crippen molar-refractivity contribution in [2.45, 2.75) is 32.3 Å². The number of anilines is 2. The maximum Gasteiger partial charge on any atom is 0.230 e. The molecule has 2 aromatic rings. The van der Waals surface area contributed by atoms with E-state index in [0.29, 0.717) is 0 Å². The summed E-state index contributed by atoms with van der Waals surface area (Å²) in [5.41, 5.74) is 4.36. The van der Waals surface area contributed by atoms with Crippen LogP contribution in [-0.4, -0.2) is 57.7 Å². The summed E-state index contributed by atoms with van der Waals surface area (Å²) in [6.45, 7) is 9.15. The minimum absolute atomic E-state index is 0.0451. The summed E-state index contributed by atoms with van der Waals surface area (Å²) in [5.74, 6) is 0.288. The van der Waals surface area contributed by atoms with Gasteiger partial charge in [0.2, 0.25) is 5.91 Å². The molecule has 0 spiro atoms. The van der Waals surface area contributed by atoms with Gasteiger partial charge in [0.05, 0.1) is 5.60 Å². The summed E-state index contributed by atoms with van der Waals surface area (Å²) < 4.78 is 5.57. The Hall–Kier alpha value is -2.37. The van der Waals surface area contributed by atoms with Gasteiger partial charge in [-0.05, 0) is 63.1 Å². The standard InChI is InChI=1S/C26H35N3O2/c1-26(2,31-4)22-9-11-23(12-10-22)29-14-13-21(25(29)30)19-20-7-5-6-8-24(20)28-17-15-27(3)16-18-28/h5-12,21H,13-19H2,1-4H3/i3-1. The van der Waals surface area contributed by atoms with Crippen molar-refractivity contribution in [1.29, 1.82) is 0 Å². The first kappa shape index (κ1) is 21.8. The summed E-state index contributed by atoms with van der Waals surface area (Å²) in [4.78, 5) is 20.1. The van der Waals surface area contributed by atoms with Gasteiger partial charge in [-0.2, -0.15) is 0 Å². The van der Waals surface area contributed by atoms with Crippen molar-refractivity contribution in [3.05, 3.63) is 59.7 Å². The van der Waals surface area contributed by atoms with Crippen LogP contribution >= 0.6 is 0 Å². The van der Waals surface area contributed by atoms with Gasteiger partial charge in [0, 0.05) is 57.1 Å². The lowest BCUT2D eigenvalue weighted by molar-refractivity contribution is -0.120. The normalized spacial score (nSPS) is 20.5. The smallest absolute Gasteiger partial charge is 0.230 e. The number of hydrogen-bond donors (Lipinski definition) is 0. The molecular weight excluding hydrogens is 385 g/mol. The number of likely N-dealkylation sites (N-methyl/N-ethyl adjacent to an activating group) is 1. The molecule has 31 heavy (non-hydrogen) atoms. The molecule has 1 amide bonds. The number of para-hydroxylation sites is 1. The lowest BCUT2D eigenvalue weighted by atomic mass is 9.96. The molecule has 2 aromatic carbocycles. The predicted octanol–water partition coefficient (Wildman–Crippen LogP) is 3.92. The number of carbonyl (C=O) groups is 1. The SMILES string of the molecule is COC(C)(C)c1ccc(N2CCC(Cc3ccccc3N3CCN([11CH3])CC3)C2=O)cc1. The van der Waals surface area contributed by atoms with Gasteiger partial charge in [-0.15, -0.1) is 0 Å². The molecule has 0 radical (unpaired) electrons. The van der Waals surface area contributed by atoms with Crippen molar-refractivity contribution in [2.24, 2.45) is 5.92 Å². The van der Waals surface area contributed by atoms with Gasteiger partial charge >= 0.3 is 0 Å². The second-order valence-corrected chi connectivity index (χ2v) is 9.36. The van der Waals surface area contributed by atoms with Gasteiger partial charge in [-0.25, -0.2) is 0 Å². The molecule has 2 aliphatic heterocycles. The van der Waals surface area contributed by atoms with Crippen molar-refractivity contribution in [3.8, 4) is 0 Å². The number of methoxy groups -OCH3 is 1. The first-order chi connectivity index (χ1) is 14.9. The summed E-state index contributed by atoms with van der Waals surface area (Å²) in [7, 11) is 3.90. The molecule has 0 bridgehead atoms. The van der Waals surface area contributed by atoms with E-state index >= 15 is 0 Å². The van der Waals surface area contributed by atoms with Crippen molar-refractivity contribution in [3.63, 3.8) is 0 Å². The Bertz CT molecular complexity index is 901. The third kappa shape index (κ3) is 4.63. The fourth-order valence-electron chi connectivity index (χ4n) is 4.65. The van der Waals surface area contributed by atoms with Crippen LogP contribution in [0.25, 0.3) is 0 Å². The highest BCUT2D eigenvalue weighted by molar-refractivity contribution is 5.97. The Morgan fingerprint density at radius 1 is 0.968 bits per heavy atom.